The van der Waals surface area contributed by atoms with Crippen LogP contribution in [-0.4, -0.2) is 47.7 Å². The lowest BCUT2D eigenvalue weighted by Crippen LogP contribution is -2.45. The van der Waals surface area contributed by atoms with Gasteiger partial charge in [0.05, 0.1) is 6.61 Å². The fraction of sp³-hybridized carbons (Fsp3) is 0.929. The summed E-state index contributed by atoms with van der Waals surface area (Å²) in [6.45, 7) is 5.76. The first kappa shape index (κ1) is 15.4. The van der Waals surface area contributed by atoms with Gasteiger partial charge in [0.15, 0.2) is 0 Å². The Morgan fingerprint density at radius 2 is 2.11 bits per heavy atom. The zero-order valence-electron chi connectivity index (χ0n) is 11.8. The second kappa shape index (κ2) is 8.48. The largest absolute Gasteiger partial charge is 0.395 e. The number of rotatable bonds is 7. The third kappa shape index (κ3) is 4.58. The van der Waals surface area contributed by atoms with Crippen LogP contribution in [0.5, 0.6) is 0 Å². The molecular formula is C14H28N2O2. The fourth-order valence-electron chi connectivity index (χ4n) is 2.77. The molecular weight excluding hydrogens is 228 g/mol. The van der Waals surface area contributed by atoms with E-state index in [2.05, 4.69) is 19.2 Å². The van der Waals surface area contributed by atoms with E-state index >= 15 is 0 Å². The number of amides is 1. The molecule has 2 N–H and O–H groups in total. The molecule has 0 spiro atoms. The average molecular weight is 256 g/mol. The Balaban J connectivity index is 2.52. The van der Waals surface area contributed by atoms with Crippen LogP contribution in [0.4, 0.5) is 0 Å². The van der Waals surface area contributed by atoms with Crippen molar-refractivity contribution in [2.45, 2.75) is 64.5 Å². The lowest BCUT2D eigenvalue weighted by atomic mass is 10.0. The Kier molecular flexibility index (Phi) is 7.28. The summed E-state index contributed by atoms with van der Waals surface area (Å²) in [4.78, 5) is 14.2. The molecule has 0 radical (unpaired) electrons. The lowest BCUT2D eigenvalue weighted by molar-refractivity contribution is -0.135. The van der Waals surface area contributed by atoms with Gasteiger partial charge in [0.1, 0.15) is 0 Å². The molecule has 1 aliphatic heterocycles. The zero-order valence-corrected chi connectivity index (χ0v) is 11.8. The van der Waals surface area contributed by atoms with Crippen molar-refractivity contribution >= 4 is 5.91 Å². The molecule has 1 aliphatic rings. The predicted octanol–water partition coefficient (Wildman–Crippen LogP) is 1.53. The van der Waals surface area contributed by atoms with Gasteiger partial charge in [-0.15, -0.1) is 0 Å². The number of piperidine rings is 1. The molecule has 1 unspecified atom stereocenters. The zero-order chi connectivity index (χ0) is 13.4. The van der Waals surface area contributed by atoms with Crippen LogP contribution < -0.4 is 5.32 Å². The summed E-state index contributed by atoms with van der Waals surface area (Å²) in [5, 5.41) is 12.5. The summed E-state index contributed by atoms with van der Waals surface area (Å²) in [7, 11) is 0. The Morgan fingerprint density at radius 3 is 2.61 bits per heavy atom. The van der Waals surface area contributed by atoms with E-state index in [-0.39, 0.29) is 18.6 Å². The molecule has 0 aromatic carbocycles. The van der Waals surface area contributed by atoms with Crippen LogP contribution in [0.25, 0.3) is 0 Å². The van der Waals surface area contributed by atoms with E-state index < -0.39 is 0 Å². The SMILES string of the molecule is CCC(CC)N(CCO)C(=O)CC1CCCCN1. The maximum atomic E-state index is 12.3. The van der Waals surface area contributed by atoms with Crippen molar-refractivity contribution in [1.29, 1.82) is 0 Å². The number of aliphatic hydroxyl groups excluding tert-OH is 1. The molecule has 0 aromatic rings. The molecule has 18 heavy (non-hydrogen) atoms. The maximum Gasteiger partial charge on any atom is 0.224 e. The Labute approximate surface area is 111 Å². The maximum absolute atomic E-state index is 12.3. The van der Waals surface area contributed by atoms with E-state index in [9.17, 15) is 4.79 Å². The summed E-state index contributed by atoms with van der Waals surface area (Å²) in [5.74, 6) is 0.192. The van der Waals surface area contributed by atoms with Crippen LogP contribution in [0.15, 0.2) is 0 Å². The van der Waals surface area contributed by atoms with E-state index in [0.29, 0.717) is 19.0 Å². The third-order valence-corrected chi connectivity index (χ3v) is 3.88. The van der Waals surface area contributed by atoms with Crippen LogP contribution in [0.3, 0.4) is 0 Å². The molecule has 1 heterocycles. The second-order valence-corrected chi connectivity index (χ2v) is 5.13. The minimum absolute atomic E-state index is 0.0559. The van der Waals surface area contributed by atoms with Crippen LogP contribution in [0.2, 0.25) is 0 Å². The van der Waals surface area contributed by atoms with E-state index in [1.54, 1.807) is 0 Å². The normalized spacial score (nSPS) is 20.1. The molecule has 0 aromatic heterocycles. The van der Waals surface area contributed by atoms with Gasteiger partial charge in [-0.2, -0.15) is 0 Å². The van der Waals surface area contributed by atoms with Gasteiger partial charge in [-0.05, 0) is 32.2 Å². The minimum atomic E-state index is 0.0559. The monoisotopic (exact) mass is 256 g/mol. The van der Waals surface area contributed by atoms with Crippen LogP contribution in [0, 0.1) is 0 Å². The molecule has 106 valence electrons. The van der Waals surface area contributed by atoms with Gasteiger partial charge < -0.3 is 15.3 Å². The number of nitrogens with one attached hydrogen (secondary N) is 1. The Bertz CT molecular complexity index is 236. The van der Waals surface area contributed by atoms with Gasteiger partial charge in [0.25, 0.3) is 0 Å². The second-order valence-electron chi connectivity index (χ2n) is 5.13. The van der Waals surface area contributed by atoms with Gasteiger partial charge >= 0.3 is 0 Å². The molecule has 1 saturated heterocycles. The van der Waals surface area contributed by atoms with Crippen molar-refractivity contribution in [3.63, 3.8) is 0 Å². The highest BCUT2D eigenvalue weighted by Crippen LogP contribution is 2.15. The first-order valence-electron chi connectivity index (χ1n) is 7.36. The summed E-state index contributed by atoms with van der Waals surface area (Å²) < 4.78 is 0. The Morgan fingerprint density at radius 1 is 1.39 bits per heavy atom. The summed E-state index contributed by atoms with van der Waals surface area (Å²) in [6, 6.07) is 0.607. The standard InChI is InChI=1S/C14H28N2O2/c1-3-13(4-2)16(9-10-17)14(18)11-12-7-5-6-8-15-12/h12-13,15,17H,3-11H2,1-2H3. The smallest absolute Gasteiger partial charge is 0.224 e. The summed E-state index contributed by atoms with van der Waals surface area (Å²) in [6.07, 6.45) is 6.03. The fourth-order valence-corrected chi connectivity index (χ4v) is 2.77. The van der Waals surface area contributed by atoms with Gasteiger partial charge in [-0.1, -0.05) is 20.3 Å². The van der Waals surface area contributed by atoms with E-state index in [0.717, 1.165) is 25.8 Å². The Hall–Kier alpha value is -0.610. The van der Waals surface area contributed by atoms with Crippen molar-refractivity contribution < 1.29 is 9.90 Å². The number of nitrogens with zero attached hydrogens (tertiary/aromatic N) is 1. The van der Waals surface area contributed by atoms with Crippen molar-refractivity contribution in [2.75, 3.05) is 19.7 Å². The van der Waals surface area contributed by atoms with Crippen LogP contribution in [0.1, 0.15) is 52.4 Å². The number of carbonyl (C=O) groups is 1. The molecule has 4 heteroatoms. The molecule has 4 nitrogen and oxygen atoms in total. The number of hydrogen-bond donors (Lipinski definition) is 2. The highest BCUT2D eigenvalue weighted by Gasteiger charge is 2.24. The molecule has 0 aliphatic carbocycles. The first-order chi connectivity index (χ1) is 8.72. The molecule has 1 fully saturated rings. The van der Waals surface area contributed by atoms with Crippen molar-refractivity contribution in [2.24, 2.45) is 0 Å². The topological polar surface area (TPSA) is 52.6 Å². The van der Waals surface area contributed by atoms with Crippen molar-refractivity contribution in [1.82, 2.24) is 10.2 Å². The quantitative estimate of drug-likeness (QED) is 0.726. The van der Waals surface area contributed by atoms with Gasteiger partial charge in [0.2, 0.25) is 5.91 Å². The predicted molar refractivity (Wildman–Crippen MR) is 73.4 cm³/mol. The molecule has 1 amide bonds. The number of aliphatic hydroxyl groups is 1. The van der Waals surface area contributed by atoms with E-state index in [1.807, 2.05) is 4.90 Å². The highest BCUT2D eigenvalue weighted by atomic mass is 16.3. The van der Waals surface area contributed by atoms with Crippen molar-refractivity contribution in [3.05, 3.63) is 0 Å². The summed E-state index contributed by atoms with van der Waals surface area (Å²) in [5.41, 5.74) is 0. The number of hydrogen-bond acceptors (Lipinski definition) is 3. The van der Waals surface area contributed by atoms with Gasteiger partial charge in [-0.25, -0.2) is 0 Å². The summed E-state index contributed by atoms with van der Waals surface area (Å²) >= 11 is 0. The van der Waals surface area contributed by atoms with Crippen molar-refractivity contribution in [3.8, 4) is 0 Å². The number of carbonyl (C=O) groups excluding carboxylic acids is 1. The van der Waals surface area contributed by atoms with Gasteiger partial charge in [-0.3, -0.25) is 4.79 Å². The van der Waals surface area contributed by atoms with Gasteiger partial charge in [0, 0.05) is 25.0 Å². The average Bonchev–Trinajstić information content (AvgIpc) is 2.40. The molecule has 0 bridgehead atoms. The minimum Gasteiger partial charge on any atom is -0.395 e. The van der Waals surface area contributed by atoms with Crippen LogP contribution >= 0.6 is 0 Å². The van der Waals surface area contributed by atoms with E-state index in [1.165, 1.54) is 12.8 Å². The highest BCUT2D eigenvalue weighted by molar-refractivity contribution is 5.77. The first-order valence-corrected chi connectivity index (χ1v) is 7.36. The molecule has 1 rings (SSSR count). The third-order valence-electron chi connectivity index (χ3n) is 3.88. The van der Waals surface area contributed by atoms with E-state index in [4.69, 9.17) is 5.11 Å². The molecule has 0 saturated carbocycles. The lowest BCUT2D eigenvalue weighted by Gasteiger charge is -2.32. The van der Waals surface area contributed by atoms with Crippen LogP contribution in [-0.2, 0) is 4.79 Å². The molecule has 1 atom stereocenters.